The molecule has 0 bridgehead atoms. The first-order valence-corrected chi connectivity index (χ1v) is 4.94. The number of carbonyl (C=O) groups excluding carboxylic acids is 1. The fourth-order valence-electron chi connectivity index (χ4n) is 1.08. The zero-order chi connectivity index (χ0) is 11.1. The molecule has 0 saturated heterocycles. The average Bonchev–Trinajstić information content (AvgIpc) is 2.25. The molecular formula is C12H16N2O. The number of carbonyl (C=O) groups is 1. The third-order valence-corrected chi connectivity index (χ3v) is 1.86. The van der Waals surface area contributed by atoms with Crippen molar-refractivity contribution in [3.05, 3.63) is 48.0 Å². The van der Waals surface area contributed by atoms with Crippen LogP contribution in [0.3, 0.4) is 0 Å². The van der Waals surface area contributed by atoms with E-state index in [2.05, 4.69) is 5.32 Å². The summed E-state index contributed by atoms with van der Waals surface area (Å²) in [5.41, 5.74) is 6.56. The lowest BCUT2D eigenvalue weighted by Gasteiger charge is -2.02. The Morgan fingerprint density at radius 1 is 1.47 bits per heavy atom. The molecule has 3 nitrogen and oxygen atoms in total. The summed E-state index contributed by atoms with van der Waals surface area (Å²) in [6, 6.07) is 9.68. The van der Waals surface area contributed by atoms with Crippen molar-refractivity contribution in [2.45, 2.75) is 19.5 Å². The highest BCUT2D eigenvalue weighted by atomic mass is 16.1. The van der Waals surface area contributed by atoms with Gasteiger partial charge in [-0.15, -0.1) is 0 Å². The van der Waals surface area contributed by atoms with E-state index in [1.165, 1.54) is 6.08 Å². The third kappa shape index (κ3) is 4.98. The van der Waals surface area contributed by atoms with Crippen molar-refractivity contribution in [1.82, 2.24) is 5.32 Å². The lowest BCUT2D eigenvalue weighted by molar-refractivity contribution is -0.116. The first kappa shape index (κ1) is 11.5. The molecule has 0 aromatic heterocycles. The molecule has 1 rings (SSSR count). The number of amides is 1. The summed E-state index contributed by atoms with van der Waals surface area (Å²) in [6.45, 7) is 2.37. The standard InChI is InChI=1S/C12H16N2O/c1-10(13)7-8-12(15)14-9-11-5-3-2-4-6-11/h2-8,10H,9,13H2,1H3,(H,14,15). The third-order valence-electron chi connectivity index (χ3n) is 1.86. The summed E-state index contributed by atoms with van der Waals surface area (Å²) in [7, 11) is 0. The fraction of sp³-hybridized carbons (Fsp3) is 0.250. The monoisotopic (exact) mass is 204 g/mol. The Labute approximate surface area is 90.0 Å². The van der Waals surface area contributed by atoms with Gasteiger partial charge < -0.3 is 11.1 Å². The number of nitrogens with one attached hydrogen (secondary N) is 1. The maximum absolute atomic E-state index is 11.3. The molecule has 1 unspecified atom stereocenters. The highest BCUT2D eigenvalue weighted by Gasteiger charge is 1.95. The van der Waals surface area contributed by atoms with Crippen LogP contribution < -0.4 is 11.1 Å². The van der Waals surface area contributed by atoms with E-state index in [0.717, 1.165) is 5.56 Å². The van der Waals surface area contributed by atoms with Gasteiger partial charge >= 0.3 is 0 Å². The molecule has 1 aromatic rings. The molecular weight excluding hydrogens is 188 g/mol. The molecule has 1 aromatic carbocycles. The maximum Gasteiger partial charge on any atom is 0.243 e. The smallest absolute Gasteiger partial charge is 0.243 e. The molecule has 0 fully saturated rings. The van der Waals surface area contributed by atoms with Crippen molar-refractivity contribution >= 4 is 5.91 Å². The molecule has 0 radical (unpaired) electrons. The van der Waals surface area contributed by atoms with Gasteiger partial charge in [-0.25, -0.2) is 0 Å². The number of rotatable bonds is 4. The Hall–Kier alpha value is -1.61. The van der Waals surface area contributed by atoms with Gasteiger partial charge in [0.25, 0.3) is 0 Å². The van der Waals surface area contributed by atoms with Crippen LogP contribution in [0.1, 0.15) is 12.5 Å². The molecule has 0 aliphatic heterocycles. The summed E-state index contributed by atoms with van der Waals surface area (Å²) in [5.74, 6) is -0.115. The summed E-state index contributed by atoms with van der Waals surface area (Å²) in [6.07, 6.45) is 3.13. The van der Waals surface area contributed by atoms with Crippen LogP contribution >= 0.6 is 0 Å². The fourth-order valence-corrected chi connectivity index (χ4v) is 1.08. The van der Waals surface area contributed by atoms with Gasteiger partial charge in [-0.3, -0.25) is 4.79 Å². The average molecular weight is 204 g/mol. The van der Waals surface area contributed by atoms with Gasteiger partial charge in [0.1, 0.15) is 0 Å². The topological polar surface area (TPSA) is 55.1 Å². The normalized spacial score (nSPS) is 12.7. The van der Waals surface area contributed by atoms with Crippen LogP contribution in [-0.4, -0.2) is 11.9 Å². The van der Waals surface area contributed by atoms with E-state index < -0.39 is 0 Å². The SMILES string of the molecule is CC(N)C=CC(=O)NCc1ccccc1. The van der Waals surface area contributed by atoms with Gasteiger partial charge in [0.2, 0.25) is 5.91 Å². The summed E-state index contributed by atoms with van der Waals surface area (Å²) < 4.78 is 0. The number of hydrogen-bond donors (Lipinski definition) is 2. The second-order valence-corrected chi connectivity index (χ2v) is 3.42. The Kier molecular flexibility index (Phi) is 4.57. The zero-order valence-electron chi connectivity index (χ0n) is 8.81. The molecule has 0 spiro atoms. The highest BCUT2D eigenvalue weighted by molar-refractivity contribution is 5.87. The Bertz CT molecular complexity index is 331. The first-order chi connectivity index (χ1) is 7.18. The summed E-state index contributed by atoms with van der Waals surface area (Å²) >= 11 is 0. The van der Waals surface area contributed by atoms with Crippen molar-refractivity contribution in [3.63, 3.8) is 0 Å². The molecule has 1 amide bonds. The summed E-state index contributed by atoms with van der Waals surface area (Å²) in [5, 5.41) is 2.77. The molecule has 3 N–H and O–H groups in total. The van der Waals surface area contributed by atoms with Crippen LogP contribution in [0.5, 0.6) is 0 Å². The zero-order valence-corrected chi connectivity index (χ0v) is 8.81. The first-order valence-electron chi connectivity index (χ1n) is 4.94. The quantitative estimate of drug-likeness (QED) is 0.724. The van der Waals surface area contributed by atoms with Gasteiger partial charge in [0.15, 0.2) is 0 Å². The molecule has 80 valence electrons. The molecule has 0 aliphatic rings. The Balaban J connectivity index is 2.35. The Morgan fingerprint density at radius 3 is 2.73 bits per heavy atom. The number of hydrogen-bond acceptors (Lipinski definition) is 2. The van der Waals surface area contributed by atoms with E-state index in [9.17, 15) is 4.79 Å². The minimum absolute atomic E-state index is 0.0903. The van der Waals surface area contributed by atoms with Crippen molar-refractivity contribution in [1.29, 1.82) is 0 Å². The largest absolute Gasteiger partial charge is 0.348 e. The van der Waals surface area contributed by atoms with E-state index in [4.69, 9.17) is 5.73 Å². The predicted molar refractivity (Wildman–Crippen MR) is 61.1 cm³/mol. The molecule has 15 heavy (non-hydrogen) atoms. The molecule has 3 heteroatoms. The summed E-state index contributed by atoms with van der Waals surface area (Å²) in [4.78, 5) is 11.3. The number of nitrogens with two attached hydrogens (primary N) is 1. The number of benzene rings is 1. The van der Waals surface area contributed by atoms with Crippen molar-refractivity contribution in [2.75, 3.05) is 0 Å². The lowest BCUT2D eigenvalue weighted by Crippen LogP contribution is -2.21. The van der Waals surface area contributed by atoms with E-state index in [1.807, 2.05) is 37.3 Å². The van der Waals surface area contributed by atoms with E-state index >= 15 is 0 Å². The molecule has 0 saturated carbocycles. The second-order valence-electron chi connectivity index (χ2n) is 3.42. The second kappa shape index (κ2) is 5.98. The predicted octanol–water partition coefficient (Wildman–Crippen LogP) is 1.21. The van der Waals surface area contributed by atoms with Crippen LogP contribution in [0.15, 0.2) is 42.5 Å². The van der Waals surface area contributed by atoms with Gasteiger partial charge in [-0.2, -0.15) is 0 Å². The molecule has 0 aliphatic carbocycles. The van der Waals surface area contributed by atoms with Crippen molar-refractivity contribution < 1.29 is 4.79 Å². The lowest BCUT2D eigenvalue weighted by atomic mass is 10.2. The van der Waals surface area contributed by atoms with Crippen molar-refractivity contribution in [2.24, 2.45) is 5.73 Å². The Morgan fingerprint density at radius 2 is 2.13 bits per heavy atom. The minimum Gasteiger partial charge on any atom is -0.348 e. The van der Waals surface area contributed by atoms with Crippen LogP contribution in [-0.2, 0) is 11.3 Å². The van der Waals surface area contributed by atoms with Gasteiger partial charge in [-0.1, -0.05) is 36.4 Å². The van der Waals surface area contributed by atoms with Crippen LogP contribution in [0.4, 0.5) is 0 Å². The van der Waals surface area contributed by atoms with E-state index in [1.54, 1.807) is 6.08 Å². The molecule has 1 atom stereocenters. The maximum atomic E-state index is 11.3. The molecule has 0 heterocycles. The van der Waals surface area contributed by atoms with Crippen LogP contribution in [0.2, 0.25) is 0 Å². The van der Waals surface area contributed by atoms with Crippen LogP contribution in [0.25, 0.3) is 0 Å². The van der Waals surface area contributed by atoms with Gasteiger partial charge in [0, 0.05) is 18.7 Å². The van der Waals surface area contributed by atoms with E-state index in [0.29, 0.717) is 6.54 Å². The van der Waals surface area contributed by atoms with E-state index in [-0.39, 0.29) is 11.9 Å². The minimum atomic E-state index is -0.115. The van der Waals surface area contributed by atoms with Crippen LogP contribution in [0, 0.1) is 0 Å². The van der Waals surface area contributed by atoms with Crippen molar-refractivity contribution in [3.8, 4) is 0 Å². The van der Waals surface area contributed by atoms with Gasteiger partial charge in [0.05, 0.1) is 0 Å². The highest BCUT2D eigenvalue weighted by Crippen LogP contribution is 1.96. The van der Waals surface area contributed by atoms with Gasteiger partial charge in [-0.05, 0) is 12.5 Å².